The topological polar surface area (TPSA) is 65.0 Å². The number of ether oxygens (including phenoxy) is 3. The Morgan fingerprint density at radius 3 is 2.18 bits per heavy atom. The van der Waals surface area contributed by atoms with Gasteiger partial charge in [-0.1, -0.05) is 42.5 Å². The van der Waals surface area contributed by atoms with Crippen LogP contribution in [-0.2, 0) is 9.47 Å². The number of carbonyl (C=O) groups is 1. The lowest BCUT2D eigenvalue weighted by Crippen LogP contribution is -2.22. The van der Waals surface area contributed by atoms with Crippen molar-refractivity contribution in [3.63, 3.8) is 0 Å². The summed E-state index contributed by atoms with van der Waals surface area (Å²) in [6.07, 6.45) is -1.26. The standard InChI is InChI=1S/C17H18O5/c1-20-17(21-2)22-14-11-7-6-10-13(14)16(19)15(18)12-8-4-3-5-9-12/h3-11,15,17-18H,1-2H3. The third-order valence-electron chi connectivity index (χ3n) is 3.12. The third kappa shape index (κ3) is 3.71. The van der Waals surface area contributed by atoms with Crippen LogP contribution in [0, 0.1) is 0 Å². The number of ketones is 1. The molecule has 0 saturated carbocycles. The van der Waals surface area contributed by atoms with Crippen molar-refractivity contribution < 1.29 is 24.1 Å². The molecule has 0 aromatic heterocycles. The van der Waals surface area contributed by atoms with E-state index in [0.717, 1.165) is 0 Å². The lowest BCUT2D eigenvalue weighted by Gasteiger charge is -2.18. The highest BCUT2D eigenvalue weighted by atomic mass is 16.8. The summed E-state index contributed by atoms with van der Waals surface area (Å²) >= 11 is 0. The second-order valence-electron chi connectivity index (χ2n) is 4.55. The molecule has 22 heavy (non-hydrogen) atoms. The van der Waals surface area contributed by atoms with Crippen molar-refractivity contribution in [2.75, 3.05) is 14.2 Å². The van der Waals surface area contributed by atoms with Gasteiger partial charge in [0.2, 0.25) is 0 Å². The fourth-order valence-electron chi connectivity index (χ4n) is 2.00. The van der Waals surface area contributed by atoms with Crippen molar-refractivity contribution >= 4 is 5.78 Å². The fraction of sp³-hybridized carbons (Fsp3) is 0.235. The molecule has 0 amide bonds. The van der Waals surface area contributed by atoms with E-state index >= 15 is 0 Å². The maximum Gasteiger partial charge on any atom is 0.315 e. The molecule has 0 saturated heterocycles. The van der Waals surface area contributed by atoms with Gasteiger partial charge in [0, 0.05) is 14.2 Å². The SMILES string of the molecule is COC(OC)Oc1ccccc1C(=O)C(O)c1ccccc1. The van der Waals surface area contributed by atoms with Gasteiger partial charge in [0.25, 0.3) is 0 Å². The minimum Gasteiger partial charge on any atom is -0.440 e. The lowest BCUT2D eigenvalue weighted by molar-refractivity contribution is -0.219. The van der Waals surface area contributed by atoms with E-state index in [-0.39, 0.29) is 11.3 Å². The normalized spacial score (nSPS) is 12.2. The first-order valence-corrected chi connectivity index (χ1v) is 6.76. The molecule has 0 fully saturated rings. The number of para-hydroxylation sites is 1. The van der Waals surface area contributed by atoms with Gasteiger partial charge in [-0.05, 0) is 17.7 Å². The van der Waals surface area contributed by atoms with Gasteiger partial charge in [-0.2, -0.15) is 0 Å². The van der Waals surface area contributed by atoms with E-state index in [4.69, 9.17) is 14.2 Å². The number of Topliss-reactive ketones (excluding diaryl/α,β-unsaturated/α-hetero) is 1. The zero-order valence-corrected chi connectivity index (χ0v) is 12.4. The average molecular weight is 302 g/mol. The quantitative estimate of drug-likeness (QED) is 0.629. The van der Waals surface area contributed by atoms with Crippen LogP contribution >= 0.6 is 0 Å². The van der Waals surface area contributed by atoms with Crippen molar-refractivity contribution in [2.24, 2.45) is 0 Å². The summed E-state index contributed by atoms with van der Waals surface area (Å²) in [6, 6.07) is 15.4. The zero-order valence-electron chi connectivity index (χ0n) is 12.4. The smallest absolute Gasteiger partial charge is 0.315 e. The van der Waals surface area contributed by atoms with Gasteiger partial charge in [-0.25, -0.2) is 0 Å². The summed E-state index contributed by atoms with van der Waals surface area (Å²) < 4.78 is 15.4. The van der Waals surface area contributed by atoms with Crippen molar-refractivity contribution in [3.05, 3.63) is 65.7 Å². The van der Waals surface area contributed by atoms with E-state index in [1.807, 2.05) is 6.07 Å². The molecule has 2 rings (SSSR count). The maximum atomic E-state index is 12.5. The van der Waals surface area contributed by atoms with Crippen LogP contribution in [0.4, 0.5) is 0 Å². The first-order chi connectivity index (χ1) is 10.7. The summed E-state index contributed by atoms with van der Waals surface area (Å²) in [4.78, 5) is 12.5. The number of methoxy groups -OCH3 is 2. The van der Waals surface area contributed by atoms with E-state index in [1.165, 1.54) is 14.2 Å². The van der Waals surface area contributed by atoms with Crippen molar-refractivity contribution in [1.29, 1.82) is 0 Å². The van der Waals surface area contributed by atoms with Crippen molar-refractivity contribution in [1.82, 2.24) is 0 Å². The largest absolute Gasteiger partial charge is 0.440 e. The van der Waals surface area contributed by atoms with Crippen LogP contribution in [-0.4, -0.2) is 31.6 Å². The molecule has 0 spiro atoms. The van der Waals surface area contributed by atoms with Crippen molar-refractivity contribution in [2.45, 2.75) is 12.6 Å². The summed E-state index contributed by atoms with van der Waals surface area (Å²) in [5.41, 5.74) is 0.787. The summed E-state index contributed by atoms with van der Waals surface area (Å²) in [5, 5.41) is 10.2. The maximum absolute atomic E-state index is 12.5. The molecular formula is C17H18O5. The Kier molecular flexibility index (Phi) is 5.66. The van der Waals surface area contributed by atoms with Crippen LogP contribution in [0.3, 0.4) is 0 Å². The molecule has 5 nitrogen and oxygen atoms in total. The predicted octanol–water partition coefficient (Wildman–Crippen LogP) is 2.56. The molecule has 0 radical (unpaired) electrons. The van der Waals surface area contributed by atoms with Crippen LogP contribution in [0.1, 0.15) is 22.0 Å². The fourth-order valence-corrected chi connectivity index (χ4v) is 2.00. The van der Waals surface area contributed by atoms with E-state index in [0.29, 0.717) is 5.56 Å². The Hall–Kier alpha value is -2.21. The molecule has 1 N–H and O–H groups in total. The highest BCUT2D eigenvalue weighted by molar-refractivity contribution is 6.02. The van der Waals surface area contributed by atoms with Gasteiger partial charge >= 0.3 is 6.48 Å². The Labute approximate surface area is 129 Å². The number of aliphatic hydroxyl groups excluding tert-OH is 1. The third-order valence-corrected chi connectivity index (χ3v) is 3.12. The van der Waals surface area contributed by atoms with E-state index in [9.17, 15) is 9.90 Å². The molecule has 116 valence electrons. The molecule has 0 aliphatic rings. The Bertz CT molecular complexity index is 607. The molecule has 0 bridgehead atoms. The molecular weight excluding hydrogens is 284 g/mol. The van der Waals surface area contributed by atoms with Crippen molar-refractivity contribution in [3.8, 4) is 5.75 Å². The highest BCUT2D eigenvalue weighted by Gasteiger charge is 2.23. The molecule has 1 atom stereocenters. The molecule has 0 heterocycles. The molecule has 0 aliphatic heterocycles. The predicted molar refractivity (Wildman–Crippen MR) is 80.6 cm³/mol. The number of hydrogen-bond donors (Lipinski definition) is 1. The average Bonchev–Trinajstić information content (AvgIpc) is 2.59. The van der Waals surface area contributed by atoms with E-state index in [2.05, 4.69) is 0 Å². The number of hydrogen-bond acceptors (Lipinski definition) is 5. The second kappa shape index (κ2) is 7.70. The Morgan fingerprint density at radius 1 is 0.955 bits per heavy atom. The van der Waals surface area contributed by atoms with Gasteiger partial charge in [-0.15, -0.1) is 0 Å². The first-order valence-electron chi connectivity index (χ1n) is 6.76. The van der Waals surface area contributed by atoms with Gasteiger partial charge in [0.05, 0.1) is 5.56 Å². The summed E-state index contributed by atoms with van der Waals surface area (Å²) in [7, 11) is 2.86. The number of rotatable bonds is 7. The highest BCUT2D eigenvalue weighted by Crippen LogP contribution is 2.26. The molecule has 2 aromatic rings. The molecule has 5 heteroatoms. The lowest BCUT2D eigenvalue weighted by atomic mass is 9.99. The van der Waals surface area contributed by atoms with Gasteiger partial charge in [0.1, 0.15) is 11.9 Å². The number of aliphatic hydroxyl groups is 1. The van der Waals surface area contributed by atoms with E-state index < -0.39 is 18.4 Å². The van der Waals surface area contributed by atoms with Gasteiger partial charge in [-0.3, -0.25) is 4.79 Å². The van der Waals surface area contributed by atoms with Crippen LogP contribution in [0.25, 0.3) is 0 Å². The number of carbonyl (C=O) groups excluding carboxylic acids is 1. The number of benzene rings is 2. The minimum atomic E-state index is -1.26. The molecule has 0 aliphatic carbocycles. The van der Waals surface area contributed by atoms with Crippen LogP contribution in [0.2, 0.25) is 0 Å². The summed E-state index contributed by atoms with van der Waals surface area (Å²) in [5.74, 6) is -0.163. The summed E-state index contributed by atoms with van der Waals surface area (Å²) in [6.45, 7) is -0.928. The second-order valence-corrected chi connectivity index (χ2v) is 4.55. The first kappa shape index (κ1) is 16.2. The monoisotopic (exact) mass is 302 g/mol. The van der Waals surface area contributed by atoms with Crippen LogP contribution in [0.15, 0.2) is 54.6 Å². The zero-order chi connectivity index (χ0) is 15.9. The Morgan fingerprint density at radius 2 is 1.55 bits per heavy atom. The molecule has 1 unspecified atom stereocenters. The Balaban J connectivity index is 2.26. The van der Waals surface area contributed by atoms with E-state index in [1.54, 1.807) is 48.5 Å². The van der Waals surface area contributed by atoms with Gasteiger partial charge in [0.15, 0.2) is 5.78 Å². The molecule has 2 aromatic carbocycles. The minimum absolute atomic E-state index is 0.262. The van der Waals surface area contributed by atoms with Crippen LogP contribution < -0.4 is 4.74 Å². The van der Waals surface area contributed by atoms with Gasteiger partial charge < -0.3 is 19.3 Å². The van der Waals surface area contributed by atoms with Crippen LogP contribution in [0.5, 0.6) is 5.75 Å².